The van der Waals surface area contributed by atoms with Gasteiger partial charge in [-0.1, -0.05) is 27.4 Å². The minimum absolute atomic E-state index is 0.000711. The topological polar surface area (TPSA) is 101 Å². The lowest BCUT2D eigenvalue weighted by molar-refractivity contribution is -0.249. The fourth-order valence-electron chi connectivity index (χ4n) is 7.44. The van der Waals surface area contributed by atoms with Crippen molar-refractivity contribution in [3.63, 3.8) is 0 Å². The van der Waals surface area contributed by atoms with E-state index in [0.29, 0.717) is 18.4 Å². The maximum atomic E-state index is 13.3. The minimum Gasteiger partial charge on any atom is -0.461 e. The molecular weight excluding hydrogens is 360 g/mol. The van der Waals surface area contributed by atoms with Crippen LogP contribution in [0.4, 0.5) is 0 Å². The van der Waals surface area contributed by atoms with Crippen LogP contribution < -0.4 is 0 Å². The van der Waals surface area contributed by atoms with Crippen LogP contribution in [-0.4, -0.2) is 46.1 Å². The van der Waals surface area contributed by atoms with Crippen molar-refractivity contribution in [2.45, 2.75) is 71.7 Å². The van der Waals surface area contributed by atoms with Crippen molar-refractivity contribution in [1.29, 1.82) is 0 Å². The van der Waals surface area contributed by atoms with Crippen molar-refractivity contribution in [2.24, 2.45) is 34.0 Å². The third kappa shape index (κ3) is 2.03. The van der Waals surface area contributed by atoms with Crippen molar-refractivity contribution < 1.29 is 29.3 Å². The zero-order valence-electron chi connectivity index (χ0n) is 17.0. The first-order valence-electron chi connectivity index (χ1n) is 10.2. The van der Waals surface area contributed by atoms with Gasteiger partial charge in [-0.2, -0.15) is 0 Å². The van der Waals surface area contributed by atoms with Gasteiger partial charge in [0.25, 0.3) is 0 Å². The summed E-state index contributed by atoms with van der Waals surface area (Å²) in [7, 11) is 0. The third-order valence-corrected chi connectivity index (χ3v) is 8.82. The lowest BCUT2D eigenvalue weighted by atomic mass is 9.39. The number of ether oxygens (including phenoxy) is 1. The number of ketones is 2. The van der Waals surface area contributed by atoms with Gasteiger partial charge in [0.1, 0.15) is 11.9 Å². The van der Waals surface area contributed by atoms with E-state index in [4.69, 9.17) is 4.74 Å². The Labute approximate surface area is 165 Å². The van der Waals surface area contributed by atoms with Crippen molar-refractivity contribution >= 4 is 17.5 Å². The first kappa shape index (κ1) is 19.8. The second kappa shape index (κ2) is 5.76. The summed E-state index contributed by atoms with van der Waals surface area (Å²) in [5.41, 5.74) is -2.34. The number of rotatable bonds is 1. The second-order valence-electron chi connectivity index (χ2n) is 10.1. The number of hydrogen-bond acceptors (Lipinski definition) is 6. The summed E-state index contributed by atoms with van der Waals surface area (Å²) in [6, 6.07) is 0. The standard InChI is InChI=1S/C22H30O6/c1-10-12-6-7-13-21(5)14(8-16(25)22(13,18(10)26)19(12)27)20(3,4)15(24)9-17(21)28-11(2)23/h12-14,16-17,19,25,27H,1,6-9H2,2-5H3. The summed E-state index contributed by atoms with van der Waals surface area (Å²) in [5, 5.41) is 22.4. The molecule has 2 bridgehead atoms. The largest absolute Gasteiger partial charge is 0.461 e. The van der Waals surface area contributed by atoms with Crippen LogP contribution in [0.2, 0.25) is 0 Å². The molecule has 4 fully saturated rings. The fourth-order valence-corrected chi connectivity index (χ4v) is 7.44. The summed E-state index contributed by atoms with van der Waals surface area (Å²) in [6.45, 7) is 11.0. The predicted octanol–water partition coefficient (Wildman–Crippen LogP) is 1.82. The molecule has 0 radical (unpaired) electrons. The van der Waals surface area contributed by atoms with E-state index in [1.807, 2.05) is 20.8 Å². The van der Waals surface area contributed by atoms with Gasteiger partial charge in [0.15, 0.2) is 5.78 Å². The molecule has 0 aliphatic heterocycles. The first-order chi connectivity index (χ1) is 12.9. The third-order valence-electron chi connectivity index (χ3n) is 8.82. The van der Waals surface area contributed by atoms with E-state index >= 15 is 0 Å². The Hall–Kier alpha value is -1.53. The van der Waals surface area contributed by atoms with Gasteiger partial charge in [0, 0.05) is 30.1 Å². The smallest absolute Gasteiger partial charge is 0.302 e. The Morgan fingerprint density at radius 2 is 1.79 bits per heavy atom. The van der Waals surface area contributed by atoms with Gasteiger partial charge < -0.3 is 14.9 Å². The van der Waals surface area contributed by atoms with Gasteiger partial charge in [-0.05, 0) is 36.7 Å². The van der Waals surface area contributed by atoms with Crippen LogP contribution >= 0.6 is 0 Å². The average molecular weight is 390 g/mol. The zero-order chi connectivity index (χ0) is 20.8. The Balaban J connectivity index is 1.92. The number of hydrogen-bond donors (Lipinski definition) is 2. The molecule has 28 heavy (non-hydrogen) atoms. The highest BCUT2D eigenvalue weighted by atomic mass is 16.5. The van der Waals surface area contributed by atoms with E-state index in [1.165, 1.54) is 6.92 Å². The molecule has 4 aliphatic carbocycles. The van der Waals surface area contributed by atoms with Gasteiger partial charge in [0.05, 0.1) is 17.6 Å². The summed E-state index contributed by atoms with van der Waals surface area (Å²) in [5.74, 6) is -1.69. The highest BCUT2D eigenvalue weighted by Crippen LogP contribution is 2.70. The van der Waals surface area contributed by atoms with Crippen LogP contribution in [0.3, 0.4) is 0 Å². The fraction of sp³-hybridized carbons (Fsp3) is 0.773. The molecule has 0 aromatic carbocycles. The summed E-state index contributed by atoms with van der Waals surface area (Å²) >= 11 is 0. The first-order valence-corrected chi connectivity index (χ1v) is 10.2. The van der Waals surface area contributed by atoms with Gasteiger partial charge in [0.2, 0.25) is 0 Å². The second-order valence-corrected chi connectivity index (χ2v) is 10.1. The molecule has 8 atom stereocenters. The SMILES string of the molecule is C=C1C(=O)C23C(O)CC4C(C)(C)C(=O)CC(OC(C)=O)C4(C)C2CCC1C3O. The molecule has 8 unspecified atom stereocenters. The molecule has 4 rings (SSSR count). The molecule has 0 aromatic heterocycles. The van der Waals surface area contributed by atoms with Crippen LogP contribution in [0.5, 0.6) is 0 Å². The van der Waals surface area contributed by atoms with Crippen LogP contribution in [0.25, 0.3) is 0 Å². The molecular formula is C22H30O6. The Bertz CT molecular complexity index is 784. The quantitative estimate of drug-likeness (QED) is 0.523. The van der Waals surface area contributed by atoms with Gasteiger partial charge in [-0.3, -0.25) is 14.4 Å². The molecule has 6 heteroatoms. The van der Waals surface area contributed by atoms with Gasteiger partial charge in [-0.25, -0.2) is 0 Å². The minimum atomic E-state index is -1.32. The van der Waals surface area contributed by atoms with E-state index in [-0.39, 0.29) is 42.2 Å². The van der Waals surface area contributed by atoms with E-state index in [9.17, 15) is 24.6 Å². The number of fused-ring (bicyclic) bond motifs is 3. The van der Waals surface area contributed by atoms with Crippen LogP contribution in [0.1, 0.15) is 53.4 Å². The van der Waals surface area contributed by atoms with E-state index < -0.39 is 40.5 Å². The summed E-state index contributed by atoms with van der Waals surface area (Å²) in [4.78, 5) is 38.1. The molecule has 154 valence electrons. The highest BCUT2D eigenvalue weighted by Gasteiger charge is 2.76. The molecule has 0 amide bonds. The van der Waals surface area contributed by atoms with Crippen molar-refractivity contribution in [3.8, 4) is 0 Å². The van der Waals surface area contributed by atoms with E-state index in [1.54, 1.807) is 0 Å². The number of carbonyl (C=O) groups is 3. The average Bonchev–Trinajstić information content (AvgIpc) is 2.71. The molecule has 2 N–H and O–H groups in total. The molecule has 1 spiro atoms. The molecule has 6 nitrogen and oxygen atoms in total. The maximum Gasteiger partial charge on any atom is 0.302 e. The van der Waals surface area contributed by atoms with Crippen molar-refractivity contribution in [1.82, 2.24) is 0 Å². The zero-order valence-corrected chi connectivity index (χ0v) is 17.0. The molecule has 0 aromatic rings. The van der Waals surface area contributed by atoms with Crippen LogP contribution in [0, 0.1) is 34.0 Å². The summed E-state index contributed by atoms with van der Waals surface area (Å²) < 4.78 is 5.66. The molecule has 0 saturated heterocycles. The van der Waals surface area contributed by atoms with Crippen molar-refractivity contribution in [3.05, 3.63) is 12.2 Å². The molecule has 0 heterocycles. The number of aliphatic hydroxyl groups is 2. The lowest BCUT2D eigenvalue weighted by Crippen LogP contribution is -2.71. The molecule has 4 aliphatic rings. The van der Waals surface area contributed by atoms with E-state index in [0.717, 1.165) is 0 Å². The molecule has 4 saturated carbocycles. The highest BCUT2D eigenvalue weighted by molar-refractivity contribution is 6.04. The van der Waals surface area contributed by atoms with Crippen LogP contribution in [0.15, 0.2) is 12.2 Å². The monoisotopic (exact) mass is 390 g/mol. The summed E-state index contributed by atoms with van der Waals surface area (Å²) in [6.07, 6.45) is -1.17. The predicted molar refractivity (Wildman–Crippen MR) is 100.0 cm³/mol. The van der Waals surface area contributed by atoms with Gasteiger partial charge in [-0.15, -0.1) is 0 Å². The Kier molecular flexibility index (Phi) is 4.07. The Morgan fingerprint density at radius 3 is 2.39 bits per heavy atom. The number of aliphatic hydroxyl groups excluding tert-OH is 2. The van der Waals surface area contributed by atoms with Crippen molar-refractivity contribution in [2.75, 3.05) is 0 Å². The number of carbonyl (C=O) groups excluding carboxylic acids is 3. The van der Waals surface area contributed by atoms with E-state index in [2.05, 4.69) is 6.58 Å². The lowest BCUT2D eigenvalue weighted by Gasteiger charge is -2.66. The maximum absolute atomic E-state index is 13.3. The number of esters is 1. The Morgan fingerprint density at radius 1 is 1.14 bits per heavy atom. The van der Waals surface area contributed by atoms with Gasteiger partial charge >= 0.3 is 5.97 Å². The normalized spacial score (nSPS) is 49.4. The van der Waals surface area contributed by atoms with Crippen LogP contribution in [-0.2, 0) is 19.1 Å². The number of Topliss-reactive ketones (excluding diaryl/α,β-unsaturated/α-hetero) is 2.